The van der Waals surface area contributed by atoms with Gasteiger partial charge in [-0.25, -0.2) is 15.0 Å². The van der Waals surface area contributed by atoms with Crippen LogP contribution in [0, 0.1) is 6.92 Å². The van der Waals surface area contributed by atoms with Crippen molar-refractivity contribution in [3.05, 3.63) is 65.4 Å². The van der Waals surface area contributed by atoms with Crippen molar-refractivity contribution in [2.45, 2.75) is 24.3 Å². The number of anilines is 1. The van der Waals surface area contributed by atoms with E-state index < -0.39 is 0 Å². The van der Waals surface area contributed by atoms with Gasteiger partial charge in [-0.2, -0.15) is 0 Å². The van der Waals surface area contributed by atoms with Crippen molar-refractivity contribution in [3.63, 3.8) is 0 Å². The van der Waals surface area contributed by atoms with Crippen molar-refractivity contribution in [1.82, 2.24) is 15.0 Å². The molecule has 0 aliphatic carbocycles. The number of pyridine rings is 1. The van der Waals surface area contributed by atoms with Crippen molar-refractivity contribution >= 4 is 35.1 Å². The summed E-state index contributed by atoms with van der Waals surface area (Å²) in [4.78, 5) is 25.5. The summed E-state index contributed by atoms with van der Waals surface area (Å²) < 4.78 is 0. The van der Waals surface area contributed by atoms with E-state index in [4.69, 9.17) is 11.6 Å². The number of benzene rings is 1. The molecule has 1 N–H and O–H groups in total. The molecule has 0 aliphatic rings. The predicted octanol–water partition coefficient (Wildman–Crippen LogP) is 4.62. The highest BCUT2D eigenvalue weighted by molar-refractivity contribution is 8.00. The first-order valence-corrected chi connectivity index (χ1v) is 9.27. The summed E-state index contributed by atoms with van der Waals surface area (Å²) in [6.07, 6.45) is 1.49. The number of hydrogen-bond acceptors (Lipinski definition) is 5. The summed E-state index contributed by atoms with van der Waals surface area (Å²) in [5.41, 5.74) is 2.71. The van der Waals surface area contributed by atoms with Crippen LogP contribution in [0.15, 0.2) is 59.9 Å². The molecular weight excluding hydrogens is 368 g/mol. The van der Waals surface area contributed by atoms with Crippen LogP contribution >= 0.6 is 23.4 Å². The van der Waals surface area contributed by atoms with Gasteiger partial charge in [0.1, 0.15) is 5.82 Å². The molecule has 0 saturated heterocycles. The Bertz CT molecular complexity index is 903. The van der Waals surface area contributed by atoms with Gasteiger partial charge >= 0.3 is 0 Å². The Morgan fingerprint density at radius 1 is 1.15 bits per heavy atom. The van der Waals surface area contributed by atoms with E-state index in [9.17, 15) is 4.79 Å². The molecule has 0 radical (unpaired) electrons. The highest BCUT2D eigenvalue weighted by atomic mass is 35.5. The first-order valence-electron chi connectivity index (χ1n) is 8.01. The lowest BCUT2D eigenvalue weighted by Crippen LogP contribution is -2.23. The van der Waals surface area contributed by atoms with Crippen molar-refractivity contribution in [2.24, 2.45) is 0 Å². The molecule has 3 rings (SSSR count). The molecule has 1 atom stereocenters. The van der Waals surface area contributed by atoms with Crippen molar-refractivity contribution in [3.8, 4) is 11.3 Å². The van der Waals surface area contributed by atoms with E-state index >= 15 is 0 Å². The smallest absolute Gasteiger partial charge is 0.238 e. The number of aromatic nitrogens is 3. The normalized spacial score (nSPS) is 11.8. The largest absolute Gasteiger partial charge is 0.310 e. The first kappa shape index (κ1) is 18.4. The summed E-state index contributed by atoms with van der Waals surface area (Å²) in [5, 5.41) is 3.47. The van der Waals surface area contributed by atoms with Crippen molar-refractivity contribution in [2.75, 3.05) is 5.32 Å². The number of thioether (sulfide) groups is 1. The lowest BCUT2D eigenvalue weighted by Gasteiger charge is -2.12. The zero-order chi connectivity index (χ0) is 18.5. The van der Waals surface area contributed by atoms with Crippen LogP contribution in [-0.2, 0) is 4.79 Å². The molecule has 3 aromatic rings. The number of rotatable bonds is 5. The zero-order valence-corrected chi connectivity index (χ0v) is 15.9. The van der Waals surface area contributed by atoms with Crippen molar-refractivity contribution < 1.29 is 4.79 Å². The number of hydrogen-bond donors (Lipinski definition) is 1. The van der Waals surface area contributed by atoms with Gasteiger partial charge in [0.05, 0.1) is 16.0 Å². The maximum absolute atomic E-state index is 12.4. The van der Waals surface area contributed by atoms with E-state index in [1.54, 1.807) is 12.1 Å². The molecule has 2 aromatic heterocycles. The molecule has 0 saturated carbocycles. The summed E-state index contributed by atoms with van der Waals surface area (Å²) in [6.45, 7) is 3.73. The van der Waals surface area contributed by atoms with Gasteiger partial charge in [0, 0.05) is 17.5 Å². The molecule has 7 heteroatoms. The molecule has 132 valence electrons. The van der Waals surface area contributed by atoms with Crippen LogP contribution in [0.3, 0.4) is 0 Å². The Kier molecular flexibility index (Phi) is 5.85. The Morgan fingerprint density at radius 3 is 2.62 bits per heavy atom. The molecule has 0 bridgehead atoms. The fourth-order valence-electron chi connectivity index (χ4n) is 2.24. The van der Waals surface area contributed by atoms with Crippen LogP contribution in [-0.4, -0.2) is 26.1 Å². The highest BCUT2D eigenvalue weighted by Crippen LogP contribution is 2.25. The van der Waals surface area contributed by atoms with Crippen LogP contribution in [0.1, 0.15) is 12.6 Å². The third kappa shape index (κ3) is 4.80. The van der Waals surface area contributed by atoms with Gasteiger partial charge in [-0.3, -0.25) is 4.79 Å². The predicted molar refractivity (Wildman–Crippen MR) is 105 cm³/mol. The highest BCUT2D eigenvalue weighted by Gasteiger charge is 2.17. The number of nitrogens with zero attached hydrogens (tertiary/aromatic N) is 3. The van der Waals surface area contributed by atoms with E-state index in [-0.39, 0.29) is 11.2 Å². The van der Waals surface area contributed by atoms with E-state index in [1.807, 2.05) is 50.2 Å². The van der Waals surface area contributed by atoms with Crippen LogP contribution in [0.25, 0.3) is 11.3 Å². The lowest BCUT2D eigenvalue weighted by atomic mass is 10.1. The lowest BCUT2D eigenvalue weighted by molar-refractivity contribution is -0.115. The number of aryl methyl sites for hydroxylation is 1. The minimum atomic E-state index is -0.377. The molecule has 5 nitrogen and oxygen atoms in total. The van der Waals surface area contributed by atoms with Gasteiger partial charge in [-0.15, -0.1) is 0 Å². The van der Waals surface area contributed by atoms with Gasteiger partial charge in [0.15, 0.2) is 5.16 Å². The van der Waals surface area contributed by atoms with E-state index in [1.165, 1.54) is 18.0 Å². The number of nitrogens with one attached hydrogen (secondary N) is 1. The average molecular weight is 385 g/mol. The van der Waals surface area contributed by atoms with Crippen molar-refractivity contribution in [1.29, 1.82) is 0 Å². The van der Waals surface area contributed by atoms with E-state index in [2.05, 4.69) is 20.3 Å². The minimum Gasteiger partial charge on any atom is -0.310 e. The van der Waals surface area contributed by atoms with Gasteiger partial charge in [-0.05, 0) is 32.0 Å². The second-order valence-corrected chi connectivity index (χ2v) is 7.40. The summed E-state index contributed by atoms with van der Waals surface area (Å²) >= 11 is 7.11. The van der Waals surface area contributed by atoms with Gasteiger partial charge in [0.2, 0.25) is 5.91 Å². The number of carbonyl (C=O) groups excluding carboxylic acids is 1. The van der Waals surface area contributed by atoms with E-state index in [0.29, 0.717) is 16.0 Å². The van der Waals surface area contributed by atoms with Crippen LogP contribution in [0.2, 0.25) is 5.02 Å². The van der Waals surface area contributed by atoms with Crippen LogP contribution < -0.4 is 5.32 Å². The fourth-order valence-corrected chi connectivity index (χ4v) is 3.18. The molecule has 26 heavy (non-hydrogen) atoms. The van der Waals surface area contributed by atoms with Crippen LogP contribution in [0.4, 0.5) is 5.82 Å². The molecule has 0 fully saturated rings. The molecule has 0 unspecified atom stereocenters. The average Bonchev–Trinajstić information content (AvgIpc) is 2.64. The second-order valence-electron chi connectivity index (χ2n) is 5.65. The summed E-state index contributed by atoms with van der Waals surface area (Å²) in [7, 11) is 0. The SMILES string of the molecule is Cc1cc(-c2ccccc2)nc(S[C@@H](C)C(=O)Nc2ccc(Cl)cn2)n1. The number of halogens is 1. The molecule has 0 spiro atoms. The van der Waals surface area contributed by atoms with Gasteiger partial charge < -0.3 is 5.32 Å². The monoisotopic (exact) mass is 384 g/mol. The fraction of sp³-hybridized carbons (Fsp3) is 0.158. The molecule has 1 aromatic carbocycles. The Balaban J connectivity index is 1.72. The zero-order valence-electron chi connectivity index (χ0n) is 14.3. The van der Waals surface area contributed by atoms with Gasteiger partial charge in [0.25, 0.3) is 0 Å². The summed E-state index contributed by atoms with van der Waals surface area (Å²) in [6, 6.07) is 15.2. The topological polar surface area (TPSA) is 67.8 Å². The number of amides is 1. The third-order valence-electron chi connectivity index (χ3n) is 3.53. The molecule has 2 heterocycles. The quantitative estimate of drug-likeness (QED) is 0.513. The van der Waals surface area contributed by atoms with E-state index in [0.717, 1.165) is 17.0 Å². The van der Waals surface area contributed by atoms with Crippen LogP contribution in [0.5, 0.6) is 0 Å². The maximum Gasteiger partial charge on any atom is 0.238 e. The third-order valence-corrected chi connectivity index (χ3v) is 4.72. The second kappa shape index (κ2) is 8.29. The molecule has 1 amide bonds. The Labute approximate surface area is 161 Å². The minimum absolute atomic E-state index is 0.170. The molecule has 0 aliphatic heterocycles. The molecular formula is C19H17ClN4OS. The van der Waals surface area contributed by atoms with Gasteiger partial charge in [-0.1, -0.05) is 53.7 Å². The first-order chi connectivity index (χ1) is 12.5. The maximum atomic E-state index is 12.4. The summed E-state index contributed by atoms with van der Waals surface area (Å²) in [5.74, 6) is 0.290. The Hall–Kier alpha value is -2.44. The Morgan fingerprint density at radius 2 is 1.92 bits per heavy atom. The standard InChI is InChI=1S/C19H17ClN4OS/c1-12-10-16(14-6-4-3-5-7-14)23-19(22-12)26-13(2)18(25)24-17-9-8-15(20)11-21-17/h3-11,13H,1-2H3,(H,21,24,25)/t13-/m0/s1. The number of carbonyl (C=O) groups is 1.